The van der Waals surface area contributed by atoms with Gasteiger partial charge in [-0.1, -0.05) is 0 Å². The summed E-state index contributed by atoms with van der Waals surface area (Å²) >= 11 is 0. The number of carbonyl (C=O) groups is 1. The quantitative estimate of drug-likeness (QED) is 0.601. The van der Waals surface area contributed by atoms with E-state index in [9.17, 15) is 9.32 Å². The van der Waals surface area contributed by atoms with Gasteiger partial charge < -0.3 is 4.74 Å². The molecule has 0 aromatic carbocycles. The molecule has 12 heavy (non-hydrogen) atoms. The van der Waals surface area contributed by atoms with E-state index in [0.29, 0.717) is 19.8 Å². The van der Waals surface area contributed by atoms with Gasteiger partial charge in [0.1, 0.15) is 6.54 Å². The van der Waals surface area contributed by atoms with Crippen molar-refractivity contribution in [2.75, 3.05) is 32.8 Å². The zero-order valence-electron chi connectivity index (χ0n) is 6.79. The average Bonchev–Trinajstić information content (AvgIpc) is 2.33. The molecule has 0 N–H and O–H groups in total. The molecular weight excluding hydrogens is 165 g/mol. The van der Waals surface area contributed by atoms with Crippen LogP contribution in [0.1, 0.15) is 6.42 Å². The second-order valence-corrected chi connectivity index (χ2v) is 2.69. The molecule has 70 valence electrons. The highest BCUT2D eigenvalue weighted by Crippen LogP contribution is 1.98. The van der Waals surface area contributed by atoms with E-state index in [1.165, 1.54) is 0 Å². The predicted octanol–water partition coefficient (Wildman–Crippen LogP) is 0.136. The van der Waals surface area contributed by atoms with Gasteiger partial charge in [0.2, 0.25) is 0 Å². The Hall–Kier alpha value is -0.680. The van der Waals surface area contributed by atoms with Crippen LogP contribution in [0, 0.1) is 0 Å². The van der Waals surface area contributed by atoms with Crippen LogP contribution in [0.25, 0.3) is 0 Å². The normalized spacial score (nSPS) is 20.1. The second kappa shape index (κ2) is 5.05. The maximum Gasteiger partial charge on any atom is 0.362 e. The molecule has 1 aliphatic heterocycles. The van der Waals surface area contributed by atoms with E-state index < -0.39 is 5.97 Å². The first-order valence-corrected chi connectivity index (χ1v) is 3.94. The molecule has 1 fully saturated rings. The summed E-state index contributed by atoms with van der Waals surface area (Å²) in [5, 5.41) is 0. The number of halogens is 1. The maximum absolute atomic E-state index is 11.3. The fourth-order valence-corrected chi connectivity index (χ4v) is 1.16. The van der Waals surface area contributed by atoms with Crippen molar-refractivity contribution in [2.24, 2.45) is 0 Å². The van der Waals surface area contributed by atoms with Gasteiger partial charge in [-0.2, -0.15) is 0 Å². The van der Waals surface area contributed by atoms with Gasteiger partial charge in [0.15, 0.2) is 0 Å². The summed E-state index contributed by atoms with van der Waals surface area (Å²) in [7, 11) is 0. The van der Waals surface area contributed by atoms with Gasteiger partial charge in [-0.05, 0) is 6.42 Å². The van der Waals surface area contributed by atoms with E-state index in [1.807, 2.05) is 4.90 Å². The third-order valence-corrected chi connectivity index (χ3v) is 1.75. The first kappa shape index (κ1) is 9.41. The highest BCUT2D eigenvalue weighted by Gasteiger charge is 2.13. The molecular formula is C7H12FNO3. The van der Waals surface area contributed by atoms with E-state index >= 15 is 0 Å². The number of rotatable bonds is 2. The Morgan fingerprint density at radius 3 is 3.08 bits per heavy atom. The van der Waals surface area contributed by atoms with Gasteiger partial charge >= 0.3 is 5.97 Å². The fourth-order valence-electron chi connectivity index (χ4n) is 1.16. The van der Waals surface area contributed by atoms with Gasteiger partial charge in [-0.3, -0.25) is 9.84 Å². The zero-order chi connectivity index (χ0) is 8.81. The lowest BCUT2D eigenvalue weighted by atomic mass is 10.4. The zero-order valence-corrected chi connectivity index (χ0v) is 6.79. The van der Waals surface area contributed by atoms with Crippen molar-refractivity contribution in [2.45, 2.75) is 6.42 Å². The van der Waals surface area contributed by atoms with E-state index in [1.54, 1.807) is 0 Å². The van der Waals surface area contributed by atoms with E-state index in [2.05, 4.69) is 4.94 Å². The summed E-state index contributed by atoms with van der Waals surface area (Å²) in [5.41, 5.74) is 0. The lowest BCUT2D eigenvalue weighted by Gasteiger charge is -2.15. The molecule has 0 spiro atoms. The molecule has 0 aromatic heterocycles. The molecule has 0 bridgehead atoms. The maximum atomic E-state index is 11.3. The Bertz CT molecular complexity index is 146. The molecule has 4 nitrogen and oxygen atoms in total. The molecule has 0 radical (unpaired) electrons. The Kier molecular flexibility index (Phi) is 3.96. The van der Waals surface area contributed by atoms with Gasteiger partial charge in [0.05, 0.1) is 6.61 Å². The van der Waals surface area contributed by atoms with Crippen LogP contribution in [0.2, 0.25) is 0 Å². The van der Waals surface area contributed by atoms with Gasteiger partial charge in [-0.25, -0.2) is 4.79 Å². The number of hydrogen-bond donors (Lipinski definition) is 0. The SMILES string of the molecule is O=C(CN1CCCOCC1)OF. The van der Waals surface area contributed by atoms with Gasteiger partial charge in [0, 0.05) is 24.2 Å². The average molecular weight is 177 g/mol. The molecule has 1 saturated heterocycles. The van der Waals surface area contributed by atoms with Crippen molar-refractivity contribution in [1.29, 1.82) is 0 Å². The Morgan fingerprint density at radius 2 is 2.33 bits per heavy atom. The second-order valence-electron chi connectivity index (χ2n) is 2.69. The van der Waals surface area contributed by atoms with Crippen LogP contribution in [-0.2, 0) is 14.5 Å². The smallest absolute Gasteiger partial charge is 0.362 e. The van der Waals surface area contributed by atoms with Crippen LogP contribution in [0.3, 0.4) is 0 Å². The van der Waals surface area contributed by atoms with Crippen molar-refractivity contribution in [3.63, 3.8) is 0 Å². The van der Waals surface area contributed by atoms with Crippen molar-refractivity contribution < 1.29 is 19.0 Å². The minimum atomic E-state index is -0.836. The highest BCUT2D eigenvalue weighted by molar-refractivity contribution is 5.70. The first-order chi connectivity index (χ1) is 5.83. The van der Waals surface area contributed by atoms with Crippen LogP contribution in [0.15, 0.2) is 0 Å². The molecule has 0 saturated carbocycles. The molecule has 1 aliphatic rings. The lowest BCUT2D eigenvalue weighted by Crippen LogP contribution is -2.32. The van der Waals surface area contributed by atoms with E-state index in [-0.39, 0.29) is 6.54 Å². The minimum Gasteiger partial charge on any atom is -0.380 e. The predicted molar refractivity (Wildman–Crippen MR) is 39.1 cm³/mol. The molecule has 0 amide bonds. The topological polar surface area (TPSA) is 38.8 Å². The van der Waals surface area contributed by atoms with Crippen LogP contribution < -0.4 is 0 Å². The summed E-state index contributed by atoms with van der Waals surface area (Å²) in [6.45, 7) is 2.74. The number of nitrogens with zero attached hydrogens (tertiary/aromatic N) is 1. The highest BCUT2D eigenvalue weighted by atomic mass is 19.3. The van der Waals surface area contributed by atoms with E-state index in [4.69, 9.17) is 4.74 Å². The van der Waals surface area contributed by atoms with Gasteiger partial charge in [-0.15, -0.1) is 0 Å². The summed E-state index contributed by atoms with van der Waals surface area (Å²) < 4.78 is 16.5. The minimum absolute atomic E-state index is 0.0137. The third kappa shape index (κ3) is 3.15. The number of ether oxygens (including phenoxy) is 1. The standard InChI is InChI=1S/C7H12FNO3/c8-12-7(10)6-9-2-1-4-11-5-3-9/h1-6H2. The monoisotopic (exact) mass is 177 g/mol. The van der Waals surface area contributed by atoms with Crippen molar-refractivity contribution in [3.8, 4) is 0 Å². The summed E-state index contributed by atoms with van der Waals surface area (Å²) in [4.78, 5) is 15.4. The Balaban J connectivity index is 2.24. The molecule has 0 aliphatic carbocycles. The molecule has 1 rings (SSSR count). The van der Waals surface area contributed by atoms with Gasteiger partial charge in [0.25, 0.3) is 0 Å². The van der Waals surface area contributed by atoms with Crippen LogP contribution in [-0.4, -0.2) is 43.7 Å². The van der Waals surface area contributed by atoms with Crippen molar-refractivity contribution >= 4 is 5.97 Å². The molecule has 5 heteroatoms. The lowest BCUT2D eigenvalue weighted by molar-refractivity contribution is -0.184. The van der Waals surface area contributed by atoms with Crippen LogP contribution >= 0.6 is 0 Å². The number of carbonyl (C=O) groups excluding carboxylic acids is 1. The van der Waals surface area contributed by atoms with Crippen LogP contribution in [0.4, 0.5) is 4.53 Å². The molecule has 0 aromatic rings. The van der Waals surface area contributed by atoms with Crippen molar-refractivity contribution in [3.05, 3.63) is 0 Å². The Labute approximate surface area is 70.1 Å². The summed E-state index contributed by atoms with van der Waals surface area (Å²) in [6, 6.07) is 0. The summed E-state index contributed by atoms with van der Waals surface area (Å²) in [6.07, 6.45) is 0.875. The molecule has 0 unspecified atom stereocenters. The molecule has 1 heterocycles. The fraction of sp³-hybridized carbons (Fsp3) is 0.857. The molecule has 0 atom stereocenters. The number of hydrogen-bond acceptors (Lipinski definition) is 4. The largest absolute Gasteiger partial charge is 0.380 e. The first-order valence-electron chi connectivity index (χ1n) is 3.94. The van der Waals surface area contributed by atoms with Crippen molar-refractivity contribution in [1.82, 2.24) is 4.90 Å². The summed E-state index contributed by atoms with van der Waals surface area (Å²) in [5.74, 6) is -0.836. The Morgan fingerprint density at radius 1 is 1.50 bits per heavy atom. The van der Waals surface area contributed by atoms with E-state index in [0.717, 1.165) is 13.0 Å². The van der Waals surface area contributed by atoms with Crippen LogP contribution in [0.5, 0.6) is 0 Å². The third-order valence-electron chi connectivity index (χ3n) is 1.75.